The summed E-state index contributed by atoms with van der Waals surface area (Å²) >= 11 is 1.99. The zero-order valence-electron chi connectivity index (χ0n) is 12.5. The zero-order valence-corrected chi connectivity index (χ0v) is 13.3. The minimum atomic E-state index is 0.684. The molecular formula is C15H27N3OS. The fourth-order valence-electron chi connectivity index (χ4n) is 2.81. The van der Waals surface area contributed by atoms with Crippen LogP contribution in [0.4, 0.5) is 0 Å². The normalized spacial score (nSPS) is 17.7. The van der Waals surface area contributed by atoms with E-state index in [0.717, 1.165) is 48.5 Å². The van der Waals surface area contributed by atoms with Crippen molar-refractivity contribution >= 4 is 11.8 Å². The average Bonchev–Trinajstić information content (AvgIpc) is 3.12. The van der Waals surface area contributed by atoms with Gasteiger partial charge in [-0.25, -0.2) is 0 Å². The van der Waals surface area contributed by atoms with Gasteiger partial charge in [0.1, 0.15) is 0 Å². The third kappa shape index (κ3) is 5.09. The van der Waals surface area contributed by atoms with Crippen molar-refractivity contribution in [3.8, 4) is 0 Å². The highest BCUT2D eigenvalue weighted by Gasteiger charge is 2.17. The van der Waals surface area contributed by atoms with Gasteiger partial charge in [-0.15, -0.1) is 0 Å². The highest BCUT2D eigenvalue weighted by molar-refractivity contribution is 7.99. The number of hydrogen-bond acceptors (Lipinski definition) is 5. The molecule has 0 bridgehead atoms. The van der Waals surface area contributed by atoms with E-state index < -0.39 is 0 Å². The summed E-state index contributed by atoms with van der Waals surface area (Å²) in [5, 5.41) is 4.91. The van der Waals surface area contributed by atoms with Gasteiger partial charge in [-0.2, -0.15) is 16.7 Å². The third-order valence-electron chi connectivity index (χ3n) is 4.18. The summed E-state index contributed by atoms with van der Waals surface area (Å²) in [6.07, 6.45) is 9.73. The van der Waals surface area contributed by atoms with Crippen LogP contribution in [0.5, 0.6) is 0 Å². The van der Waals surface area contributed by atoms with Crippen LogP contribution in [0.3, 0.4) is 0 Å². The number of thioether (sulfide) groups is 1. The van der Waals surface area contributed by atoms with Gasteiger partial charge in [0.05, 0.1) is 5.75 Å². The molecule has 114 valence electrons. The molecule has 1 saturated carbocycles. The van der Waals surface area contributed by atoms with Crippen molar-refractivity contribution in [2.45, 2.75) is 69.3 Å². The predicted molar refractivity (Wildman–Crippen MR) is 83.6 cm³/mol. The van der Waals surface area contributed by atoms with Crippen LogP contribution in [-0.2, 0) is 12.2 Å². The van der Waals surface area contributed by atoms with E-state index >= 15 is 0 Å². The van der Waals surface area contributed by atoms with E-state index in [1.54, 1.807) is 0 Å². The zero-order chi connectivity index (χ0) is 14.2. The topological polar surface area (TPSA) is 64.9 Å². The fourth-order valence-corrected chi connectivity index (χ4v) is 3.98. The van der Waals surface area contributed by atoms with Crippen molar-refractivity contribution in [2.24, 2.45) is 11.7 Å². The van der Waals surface area contributed by atoms with Crippen molar-refractivity contribution in [1.29, 1.82) is 0 Å². The van der Waals surface area contributed by atoms with E-state index in [4.69, 9.17) is 10.3 Å². The number of nitrogens with zero attached hydrogens (tertiary/aromatic N) is 2. The Balaban J connectivity index is 1.70. The minimum Gasteiger partial charge on any atom is -0.339 e. The SMILES string of the molecule is CCC(CCN)CCc1nc(CSC2CCCC2)no1. The van der Waals surface area contributed by atoms with Gasteiger partial charge in [0.2, 0.25) is 5.89 Å². The summed E-state index contributed by atoms with van der Waals surface area (Å²) in [5.74, 6) is 3.24. The fraction of sp³-hybridized carbons (Fsp3) is 0.867. The number of nitrogens with two attached hydrogens (primary N) is 1. The Morgan fingerprint density at radius 2 is 2.15 bits per heavy atom. The quantitative estimate of drug-likeness (QED) is 0.755. The molecule has 2 rings (SSSR count). The van der Waals surface area contributed by atoms with Gasteiger partial charge in [-0.3, -0.25) is 0 Å². The second-order valence-corrected chi connectivity index (χ2v) is 7.00. The maximum absolute atomic E-state index is 5.62. The molecule has 0 spiro atoms. The highest BCUT2D eigenvalue weighted by Crippen LogP contribution is 2.31. The van der Waals surface area contributed by atoms with E-state index in [0.29, 0.717) is 5.92 Å². The smallest absolute Gasteiger partial charge is 0.226 e. The van der Waals surface area contributed by atoms with E-state index in [2.05, 4.69) is 17.1 Å². The first-order valence-electron chi connectivity index (χ1n) is 7.95. The van der Waals surface area contributed by atoms with E-state index in [1.807, 2.05) is 11.8 Å². The number of aromatic nitrogens is 2. The largest absolute Gasteiger partial charge is 0.339 e. The molecule has 0 aromatic carbocycles. The Morgan fingerprint density at radius 1 is 1.35 bits per heavy atom. The van der Waals surface area contributed by atoms with E-state index in [1.165, 1.54) is 32.1 Å². The Morgan fingerprint density at radius 3 is 2.85 bits per heavy atom. The highest BCUT2D eigenvalue weighted by atomic mass is 32.2. The van der Waals surface area contributed by atoms with Crippen LogP contribution in [0, 0.1) is 5.92 Å². The molecule has 1 unspecified atom stereocenters. The third-order valence-corrected chi connectivity index (χ3v) is 5.55. The predicted octanol–water partition coefficient (Wildman–Crippen LogP) is 3.55. The van der Waals surface area contributed by atoms with Gasteiger partial charge >= 0.3 is 0 Å². The molecule has 5 heteroatoms. The van der Waals surface area contributed by atoms with Gasteiger partial charge in [0, 0.05) is 11.7 Å². The summed E-state index contributed by atoms with van der Waals surface area (Å²) < 4.78 is 5.35. The molecule has 1 aliphatic carbocycles. The second-order valence-electron chi connectivity index (χ2n) is 5.71. The van der Waals surface area contributed by atoms with Gasteiger partial charge in [-0.1, -0.05) is 31.3 Å². The molecule has 0 saturated heterocycles. The molecular weight excluding hydrogens is 270 g/mol. The van der Waals surface area contributed by atoms with Crippen molar-refractivity contribution in [3.63, 3.8) is 0 Å². The van der Waals surface area contributed by atoms with Gasteiger partial charge in [0.15, 0.2) is 5.82 Å². The molecule has 0 aliphatic heterocycles. The second kappa shape index (κ2) is 8.67. The summed E-state index contributed by atoms with van der Waals surface area (Å²) in [6.45, 7) is 2.99. The number of aryl methyl sites for hydroxylation is 1. The molecule has 1 heterocycles. The van der Waals surface area contributed by atoms with Crippen LogP contribution >= 0.6 is 11.8 Å². The van der Waals surface area contributed by atoms with Crippen molar-refractivity contribution < 1.29 is 4.52 Å². The first-order chi connectivity index (χ1) is 9.81. The number of hydrogen-bond donors (Lipinski definition) is 1. The molecule has 2 N–H and O–H groups in total. The molecule has 0 amide bonds. The molecule has 1 fully saturated rings. The molecule has 4 nitrogen and oxygen atoms in total. The van der Waals surface area contributed by atoms with E-state index in [9.17, 15) is 0 Å². The lowest BCUT2D eigenvalue weighted by Crippen LogP contribution is -2.09. The first kappa shape index (κ1) is 15.8. The summed E-state index contributed by atoms with van der Waals surface area (Å²) in [4.78, 5) is 4.51. The van der Waals surface area contributed by atoms with Crippen LogP contribution in [0.2, 0.25) is 0 Å². The van der Waals surface area contributed by atoms with Gasteiger partial charge < -0.3 is 10.3 Å². The number of rotatable bonds is 9. The minimum absolute atomic E-state index is 0.684. The maximum Gasteiger partial charge on any atom is 0.226 e. The lowest BCUT2D eigenvalue weighted by atomic mass is 9.97. The van der Waals surface area contributed by atoms with Crippen LogP contribution in [0.1, 0.15) is 63.6 Å². The maximum atomic E-state index is 5.62. The van der Waals surface area contributed by atoms with Gasteiger partial charge in [-0.05, 0) is 38.1 Å². The molecule has 0 radical (unpaired) electrons. The Hall–Kier alpha value is -0.550. The van der Waals surface area contributed by atoms with Crippen molar-refractivity contribution in [1.82, 2.24) is 10.1 Å². The molecule has 1 aromatic rings. The van der Waals surface area contributed by atoms with Crippen LogP contribution in [0.15, 0.2) is 4.52 Å². The Kier molecular flexibility index (Phi) is 6.87. The molecule has 1 aliphatic rings. The molecule has 1 atom stereocenters. The molecule has 20 heavy (non-hydrogen) atoms. The Bertz CT molecular complexity index is 377. The standard InChI is InChI=1S/C15H27N3OS/c1-2-12(9-10-16)7-8-15-17-14(18-19-15)11-20-13-5-3-4-6-13/h12-13H,2-11,16H2,1H3. The van der Waals surface area contributed by atoms with Gasteiger partial charge in [0.25, 0.3) is 0 Å². The monoisotopic (exact) mass is 297 g/mol. The van der Waals surface area contributed by atoms with Crippen LogP contribution in [-0.4, -0.2) is 21.9 Å². The average molecular weight is 297 g/mol. The van der Waals surface area contributed by atoms with Crippen molar-refractivity contribution in [3.05, 3.63) is 11.7 Å². The van der Waals surface area contributed by atoms with Crippen LogP contribution in [0.25, 0.3) is 0 Å². The lowest BCUT2D eigenvalue weighted by Gasteiger charge is -2.11. The summed E-state index contributed by atoms with van der Waals surface area (Å²) in [6, 6.07) is 0. The summed E-state index contributed by atoms with van der Waals surface area (Å²) in [5.41, 5.74) is 5.62. The van der Waals surface area contributed by atoms with Crippen molar-refractivity contribution in [2.75, 3.05) is 6.54 Å². The molecule has 1 aromatic heterocycles. The Labute approximate surface area is 126 Å². The van der Waals surface area contributed by atoms with E-state index in [-0.39, 0.29) is 0 Å². The lowest BCUT2D eigenvalue weighted by molar-refractivity contribution is 0.351. The first-order valence-corrected chi connectivity index (χ1v) is 8.99. The summed E-state index contributed by atoms with van der Waals surface area (Å²) in [7, 11) is 0. The van der Waals surface area contributed by atoms with Crippen LogP contribution < -0.4 is 5.73 Å².